The van der Waals surface area contributed by atoms with Crippen molar-refractivity contribution in [2.24, 2.45) is 5.73 Å². The van der Waals surface area contributed by atoms with Gasteiger partial charge < -0.3 is 16.0 Å². The Morgan fingerprint density at radius 1 is 1.43 bits per heavy atom. The number of hydrogen-bond acceptors (Lipinski definition) is 3. The van der Waals surface area contributed by atoms with Gasteiger partial charge in [-0.2, -0.15) is 0 Å². The molecule has 2 amide bonds. The second-order valence-electron chi connectivity index (χ2n) is 4.31. The number of carbonyl (C=O) groups is 2. The summed E-state index contributed by atoms with van der Waals surface area (Å²) in [5.41, 5.74) is 5.79. The second-order valence-corrected chi connectivity index (χ2v) is 4.31. The van der Waals surface area contributed by atoms with Crippen LogP contribution in [0.3, 0.4) is 0 Å². The van der Waals surface area contributed by atoms with Gasteiger partial charge in [-0.15, -0.1) is 0 Å². The molecule has 1 aromatic carbocycles. The number of nitrogens with one attached hydrogen (secondary N) is 1. The van der Waals surface area contributed by atoms with Crippen molar-refractivity contribution < 1.29 is 14.0 Å². The van der Waals surface area contributed by atoms with Gasteiger partial charge in [0, 0.05) is 19.2 Å². The molecular formula is C15H18FN3O2. The van der Waals surface area contributed by atoms with Gasteiger partial charge in [0.1, 0.15) is 5.82 Å². The van der Waals surface area contributed by atoms with Crippen molar-refractivity contribution in [3.8, 4) is 11.8 Å². The van der Waals surface area contributed by atoms with E-state index in [0.717, 1.165) is 6.07 Å². The number of carbonyl (C=O) groups excluding carboxylic acids is 2. The Balaban J connectivity index is 3.00. The average molecular weight is 291 g/mol. The van der Waals surface area contributed by atoms with E-state index in [2.05, 4.69) is 17.2 Å². The number of likely N-dealkylation sites (N-methyl/N-ethyl adjacent to an activating group) is 2. The fraction of sp³-hybridized carbons (Fsp3) is 0.333. The van der Waals surface area contributed by atoms with Crippen LogP contribution in [0.15, 0.2) is 18.2 Å². The van der Waals surface area contributed by atoms with Crippen molar-refractivity contribution in [1.29, 1.82) is 0 Å². The highest BCUT2D eigenvalue weighted by Crippen LogP contribution is 2.12. The maximum atomic E-state index is 13.4. The van der Waals surface area contributed by atoms with E-state index in [9.17, 15) is 14.0 Å². The average Bonchev–Trinajstić information content (AvgIpc) is 2.45. The van der Waals surface area contributed by atoms with Gasteiger partial charge in [-0.25, -0.2) is 4.39 Å². The molecule has 0 unspecified atom stereocenters. The van der Waals surface area contributed by atoms with Crippen LogP contribution in [0.25, 0.3) is 0 Å². The third-order valence-electron chi connectivity index (χ3n) is 2.64. The van der Waals surface area contributed by atoms with Crippen LogP contribution in [0, 0.1) is 17.7 Å². The first-order valence-electron chi connectivity index (χ1n) is 6.50. The normalized spacial score (nSPS) is 9.52. The van der Waals surface area contributed by atoms with Crippen LogP contribution < -0.4 is 11.1 Å². The molecule has 3 N–H and O–H groups in total. The zero-order valence-electron chi connectivity index (χ0n) is 12.1. The molecular weight excluding hydrogens is 273 g/mol. The van der Waals surface area contributed by atoms with Gasteiger partial charge in [0.25, 0.3) is 5.91 Å². The fourth-order valence-corrected chi connectivity index (χ4v) is 1.69. The third kappa shape index (κ3) is 4.89. The number of rotatable bonds is 4. The lowest BCUT2D eigenvalue weighted by Crippen LogP contribution is -2.38. The number of amides is 2. The first-order valence-corrected chi connectivity index (χ1v) is 6.50. The molecule has 0 aromatic heterocycles. The molecule has 0 aliphatic heterocycles. The lowest BCUT2D eigenvalue weighted by Gasteiger charge is -2.17. The maximum Gasteiger partial charge on any atom is 0.255 e. The molecule has 0 radical (unpaired) electrons. The molecule has 0 atom stereocenters. The van der Waals surface area contributed by atoms with Crippen molar-refractivity contribution in [2.45, 2.75) is 6.92 Å². The Kier molecular flexibility index (Phi) is 6.37. The van der Waals surface area contributed by atoms with Crippen molar-refractivity contribution in [3.05, 3.63) is 35.1 Å². The van der Waals surface area contributed by atoms with Gasteiger partial charge in [-0.3, -0.25) is 9.59 Å². The minimum absolute atomic E-state index is 0.104. The SMILES string of the molecule is CCNC(=O)CN(C)C(=O)c1cc(F)ccc1C#CCN. The number of nitrogens with two attached hydrogens (primary N) is 1. The molecule has 0 aliphatic carbocycles. The van der Waals surface area contributed by atoms with Crippen molar-refractivity contribution in [2.75, 3.05) is 26.7 Å². The fourth-order valence-electron chi connectivity index (χ4n) is 1.69. The Labute approximate surface area is 123 Å². The molecule has 0 saturated heterocycles. The predicted octanol–water partition coefficient (Wildman–Crippen LogP) is 0.344. The Morgan fingerprint density at radius 3 is 2.76 bits per heavy atom. The van der Waals surface area contributed by atoms with Gasteiger partial charge in [0.05, 0.1) is 18.7 Å². The summed E-state index contributed by atoms with van der Waals surface area (Å²) in [5, 5.41) is 2.59. The molecule has 0 bridgehead atoms. The standard InChI is InChI=1S/C15H18FN3O2/c1-3-18-14(20)10-19(2)15(21)13-9-12(16)7-6-11(13)5-4-8-17/h6-7,9H,3,8,10,17H2,1-2H3,(H,18,20). The van der Waals surface area contributed by atoms with E-state index >= 15 is 0 Å². The van der Waals surface area contributed by atoms with Gasteiger partial charge in [0.15, 0.2) is 0 Å². The topological polar surface area (TPSA) is 75.4 Å². The quantitative estimate of drug-likeness (QED) is 0.786. The number of nitrogens with zero attached hydrogens (tertiary/aromatic N) is 1. The molecule has 6 heteroatoms. The van der Waals surface area contributed by atoms with Crippen LogP contribution in [-0.4, -0.2) is 43.4 Å². The first kappa shape index (κ1) is 16.7. The summed E-state index contributed by atoms with van der Waals surface area (Å²) in [6, 6.07) is 3.75. The summed E-state index contributed by atoms with van der Waals surface area (Å²) in [4.78, 5) is 25.0. The molecule has 0 saturated carbocycles. The number of benzene rings is 1. The number of halogens is 1. The van der Waals surface area contributed by atoms with E-state index in [1.54, 1.807) is 6.92 Å². The van der Waals surface area contributed by atoms with E-state index in [-0.39, 0.29) is 24.6 Å². The minimum Gasteiger partial charge on any atom is -0.355 e. The summed E-state index contributed by atoms with van der Waals surface area (Å²) >= 11 is 0. The lowest BCUT2D eigenvalue weighted by atomic mass is 10.1. The molecule has 1 rings (SSSR count). The van der Waals surface area contributed by atoms with Crippen LogP contribution >= 0.6 is 0 Å². The van der Waals surface area contributed by atoms with E-state index < -0.39 is 11.7 Å². The van der Waals surface area contributed by atoms with Crippen LogP contribution in [0.2, 0.25) is 0 Å². The molecule has 21 heavy (non-hydrogen) atoms. The zero-order valence-corrected chi connectivity index (χ0v) is 12.1. The van der Waals surface area contributed by atoms with Crippen molar-refractivity contribution >= 4 is 11.8 Å². The summed E-state index contributed by atoms with van der Waals surface area (Å²) in [7, 11) is 1.47. The molecule has 1 aromatic rings. The van der Waals surface area contributed by atoms with Gasteiger partial charge >= 0.3 is 0 Å². The maximum absolute atomic E-state index is 13.4. The Morgan fingerprint density at radius 2 is 2.14 bits per heavy atom. The Bertz CT molecular complexity index is 590. The summed E-state index contributed by atoms with van der Waals surface area (Å²) in [6.07, 6.45) is 0. The van der Waals surface area contributed by atoms with Crippen LogP contribution in [0.5, 0.6) is 0 Å². The molecule has 112 valence electrons. The summed E-state index contributed by atoms with van der Waals surface area (Å²) in [5.74, 6) is 4.06. The molecule has 0 heterocycles. The molecule has 0 aliphatic rings. The van der Waals surface area contributed by atoms with Crippen LogP contribution in [0.4, 0.5) is 4.39 Å². The van der Waals surface area contributed by atoms with E-state index in [1.807, 2.05) is 0 Å². The van der Waals surface area contributed by atoms with E-state index in [1.165, 1.54) is 24.1 Å². The largest absolute Gasteiger partial charge is 0.355 e. The molecule has 5 nitrogen and oxygen atoms in total. The Hall–Kier alpha value is -2.39. The smallest absolute Gasteiger partial charge is 0.255 e. The minimum atomic E-state index is -0.539. The zero-order chi connectivity index (χ0) is 15.8. The van der Waals surface area contributed by atoms with Crippen molar-refractivity contribution in [3.63, 3.8) is 0 Å². The second kappa shape index (κ2) is 8.02. The highest BCUT2D eigenvalue weighted by Gasteiger charge is 2.18. The molecule has 0 spiro atoms. The van der Waals surface area contributed by atoms with Gasteiger partial charge in [-0.1, -0.05) is 11.8 Å². The summed E-state index contributed by atoms with van der Waals surface area (Å²) in [6.45, 7) is 2.30. The van der Waals surface area contributed by atoms with E-state index in [0.29, 0.717) is 12.1 Å². The molecule has 0 fully saturated rings. The van der Waals surface area contributed by atoms with Gasteiger partial charge in [0.2, 0.25) is 5.91 Å². The monoisotopic (exact) mass is 291 g/mol. The first-order chi connectivity index (χ1) is 9.99. The van der Waals surface area contributed by atoms with E-state index in [4.69, 9.17) is 5.73 Å². The van der Waals surface area contributed by atoms with Gasteiger partial charge in [-0.05, 0) is 25.1 Å². The lowest BCUT2D eigenvalue weighted by molar-refractivity contribution is -0.121. The van der Waals surface area contributed by atoms with Crippen LogP contribution in [-0.2, 0) is 4.79 Å². The summed E-state index contributed by atoms with van der Waals surface area (Å²) < 4.78 is 13.4. The van der Waals surface area contributed by atoms with Crippen molar-refractivity contribution in [1.82, 2.24) is 10.2 Å². The highest BCUT2D eigenvalue weighted by atomic mass is 19.1. The predicted molar refractivity (Wildman–Crippen MR) is 78.0 cm³/mol. The highest BCUT2D eigenvalue weighted by molar-refractivity contribution is 5.98. The number of hydrogen-bond donors (Lipinski definition) is 2. The van der Waals surface area contributed by atoms with Crippen LogP contribution in [0.1, 0.15) is 22.8 Å². The third-order valence-corrected chi connectivity index (χ3v) is 2.64.